The second kappa shape index (κ2) is 6.72. The van der Waals surface area contributed by atoms with Gasteiger partial charge in [0.05, 0.1) is 5.39 Å². The summed E-state index contributed by atoms with van der Waals surface area (Å²) in [4.78, 5) is 21.9. The number of nitrogens with zero attached hydrogens (tertiary/aromatic N) is 1. The molecule has 0 spiro atoms. The van der Waals surface area contributed by atoms with Gasteiger partial charge in [-0.15, -0.1) is 22.7 Å². The number of halogens is 1. The smallest absolute Gasteiger partial charge is 0.260 e. The van der Waals surface area contributed by atoms with Crippen LogP contribution in [0.2, 0.25) is 5.02 Å². The zero-order valence-electron chi connectivity index (χ0n) is 12.3. The number of aromatic nitrogens is 2. The average molecular weight is 391 g/mol. The molecule has 7 heteroatoms. The van der Waals surface area contributed by atoms with Crippen LogP contribution in [0.1, 0.15) is 5.56 Å². The van der Waals surface area contributed by atoms with Crippen molar-refractivity contribution in [1.82, 2.24) is 9.97 Å². The standard InChI is InChI=1S/C17H11ClN2OS3/c18-11-5-3-10(4-6-11)8-24-17-19-15(21)14-12(9-23-16(14)20-17)13-2-1-7-22-13/h1-7,9H,8H2,(H,19,20,21). The van der Waals surface area contributed by atoms with E-state index < -0.39 is 0 Å². The van der Waals surface area contributed by atoms with Gasteiger partial charge in [-0.3, -0.25) is 4.79 Å². The fraction of sp³-hybridized carbons (Fsp3) is 0.0588. The molecule has 4 aromatic rings. The first-order valence-electron chi connectivity index (χ1n) is 7.13. The molecule has 0 amide bonds. The Kier molecular flexibility index (Phi) is 4.45. The van der Waals surface area contributed by atoms with Gasteiger partial charge in [-0.2, -0.15) is 0 Å². The van der Waals surface area contributed by atoms with Gasteiger partial charge >= 0.3 is 0 Å². The molecule has 120 valence electrons. The van der Waals surface area contributed by atoms with E-state index in [4.69, 9.17) is 11.6 Å². The van der Waals surface area contributed by atoms with Crippen molar-refractivity contribution in [2.24, 2.45) is 0 Å². The Morgan fingerprint density at radius 1 is 1.17 bits per heavy atom. The third-order valence-corrected chi connectivity index (χ3v) is 6.47. The van der Waals surface area contributed by atoms with E-state index in [0.29, 0.717) is 10.5 Å². The fourth-order valence-corrected chi connectivity index (χ4v) is 5.11. The maximum atomic E-state index is 12.5. The lowest BCUT2D eigenvalue weighted by Crippen LogP contribution is -2.08. The SMILES string of the molecule is O=c1[nH]c(SCc2ccc(Cl)cc2)nc2scc(-c3cccs3)c12. The van der Waals surface area contributed by atoms with Crippen molar-refractivity contribution in [2.75, 3.05) is 0 Å². The summed E-state index contributed by atoms with van der Waals surface area (Å²) in [5.41, 5.74) is 2.02. The van der Waals surface area contributed by atoms with Crippen LogP contribution < -0.4 is 5.56 Å². The molecule has 0 saturated carbocycles. The maximum absolute atomic E-state index is 12.5. The molecule has 1 N–H and O–H groups in total. The van der Waals surface area contributed by atoms with Crippen molar-refractivity contribution >= 4 is 56.3 Å². The third-order valence-electron chi connectivity index (χ3n) is 3.50. The average Bonchev–Trinajstić information content (AvgIpc) is 3.23. The summed E-state index contributed by atoms with van der Waals surface area (Å²) in [6.07, 6.45) is 0. The Labute approximate surface area is 155 Å². The van der Waals surface area contributed by atoms with Crippen LogP contribution in [0.3, 0.4) is 0 Å². The molecule has 0 saturated heterocycles. The van der Waals surface area contributed by atoms with Crippen LogP contribution in [-0.4, -0.2) is 9.97 Å². The van der Waals surface area contributed by atoms with Crippen LogP contribution in [-0.2, 0) is 5.75 Å². The van der Waals surface area contributed by atoms with Gasteiger partial charge in [0.25, 0.3) is 5.56 Å². The molecule has 0 aliphatic heterocycles. The first kappa shape index (κ1) is 15.9. The van der Waals surface area contributed by atoms with Gasteiger partial charge in [-0.25, -0.2) is 4.98 Å². The highest BCUT2D eigenvalue weighted by atomic mass is 35.5. The topological polar surface area (TPSA) is 45.8 Å². The maximum Gasteiger partial charge on any atom is 0.260 e. The van der Waals surface area contributed by atoms with E-state index in [1.807, 2.05) is 47.2 Å². The van der Waals surface area contributed by atoms with Gasteiger partial charge in [0.1, 0.15) is 4.83 Å². The molecule has 1 aromatic carbocycles. The van der Waals surface area contributed by atoms with Crippen LogP contribution in [0.25, 0.3) is 20.7 Å². The van der Waals surface area contributed by atoms with Crippen molar-refractivity contribution in [1.29, 1.82) is 0 Å². The zero-order valence-corrected chi connectivity index (χ0v) is 15.5. The number of thioether (sulfide) groups is 1. The van der Waals surface area contributed by atoms with Gasteiger partial charge in [0, 0.05) is 26.6 Å². The lowest BCUT2D eigenvalue weighted by atomic mass is 10.2. The first-order valence-corrected chi connectivity index (χ1v) is 10.3. The Hall–Kier alpha value is -1.60. The lowest BCUT2D eigenvalue weighted by molar-refractivity contribution is 0.980. The number of H-pyrrole nitrogens is 1. The van der Waals surface area contributed by atoms with Crippen molar-refractivity contribution in [3.63, 3.8) is 0 Å². The Morgan fingerprint density at radius 3 is 2.75 bits per heavy atom. The number of thiophene rings is 2. The minimum Gasteiger partial charge on any atom is -0.301 e. The summed E-state index contributed by atoms with van der Waals surface area (Å²) in [5, 5.41) is 6.06. The van der Waals surface area contributed by atoms with Gasteiger partial charge in [-0.05, 0) is 29.1 Å². The molecular formula is C17H11ClN2OS3. The quantitative estimate of drug-likeness (QED) is 0.361. The summed E-state index contributed by atoms with van der Waals surface area (Å²) in [5.74, 6) is 0.731. The highest BCUT2D eigenvalue weighted by Gasteiger charge is 2.13. The van der Waals surface area contributed by atoms with Gasteiger partial charge in [0.2, 0.25) is 0 Å². The van der Waals surface area contributed by atoms with Crippen LogP contribution in [0.4, 0.5) is 0 Å². The monoisotopic (exact) mass is 390 g/mol. The van der Waals surface area contributed by atoms with Crippen LogP contribution in [0.5, 0.6) is 0 Å². The Morgan fingerprint density at radius 2 is 2.00 bits per heavy atom. The normalized spacial score (nSPS) is 11.2. The second-order valence-corrected chi connectivity index (χ2v) is 8.30. The van der Waals surface area contributed by atoms with E-state index in [2.05, 4.69) is 9.97 Å². The van der Waals surface area contributed by atoms with Crippen molar-refractivity contribution in [3.8, 4) is 10.4 Å². The molecule has 0 aliphatic carbocycles. The van der Waals surface area contributed by atoms with E-state index >= 15 is 0 Å². The van der Waals surface area contributed by atoms with E-state index in [1.54, 1.807) is 11.3 Å². The lowest BCUT2D eigenvalue weighted by Gasteiger charge is -2.02. The molecule has 0 radical (unpaired) electrons. The number of nitrogens with one attached hydrogen (secondary N) is 1. The van der Waals surface area contributed by atoms with Crippen LogP contribution >= 0.6 is 46.0 Å². The molecule has 0 unspecified atom stereocenters. The molecule has 4 rings (SSSR count). The molecule has 24 heavy (non-hydrogen) atoms. The number of hydrogen-bond acceptors (Lipinski definition) is 5. The molecule has 0 aliphatic rings. The summed E-state index contributed by atoms with van der Waals surface area (Å²) < 4.78 is 0. The van der Waals surface area contributed by atoms with E-state index in [0.717, 1.165) is 31.6 Å². The highest BCUT2D eigenvalue weighted by molar-refractivity contribution is 7.98. The largest absolute Gasteiger partial charge is 0.301 e. The minimum atomic E-state index is -0.0803. The molecule has 3 nitrogen and oxygen atoms in total. The minimum absolute atomic E-state index is 0.0803. The second-order valence-electron chi connectivity index (χ2n) is 5.09. The van der Waals surface area contributed by atoms with E-state index in [9.17, 15) is 4.79 Å². The Balaban J connectivity index is 1.64. The number of hydrogen-bond donors (Lipinski definition) is 1. The van der Waals surface area contributed by atoms with Crippen molar-refractivity contribution in [2.45, 2.75) is 10.9 Å². The molecule has 0 fully saturated rings. The molecular weight excluding hydrogens is 380 g/mol. The Bertz CT molecular complexity index is 1040. The van der Waals surface area contributed by atoms with Gasteiger partial charge < -0.3 is 4.98 Å². The number of rotatable bonds is 4. The van der Waals surface area contributed by atoms with E-state index in [-0.39, 0.29) is 5.56 Å². The summed E-state index contributed by atoms with van der Waals surface area (Å²) >= 11 is 10.5. The van der Waals surface area contributed by atoms with E-state index in [1.165, 1.54) is 23.1 Å². The molecule has 0 atom stereocenters. The molecule has 3 aromatic heterocycles. The van der Waals surface area contributed by atoms with Crippen molar-refractivity contribution < 1.29 is 0 Å². The fourth-order valence-electron chi connectivity index (χ4n) is 2.34. The molecule has 3 heterocycles. The van der Waals surface area contributed by atoms with Gasteiger partial charge in [0.15, 0.2) is 5.16 Å². The summed E-state index contributed by atoms with van der Waals surface area (Å²) in [6.45, 7) is 0. The first-order chi connectivity index (χ1) is 11.7. The third kappa shape index (κ3) is 3.15. The highest BCUT2D eigenvalue weighted by Crippen LogP contribution is 2.34. The van der Waals surface area contributed by atoms with Gasteiger partial charge in [-0.1, -0.05) is 41.6 Å². The summed E-state index contributed by atoms with van der Waals surface area (Å²) in [6, 6.07) is 11.7. The van der Waals surface area contributed by atoms with Crippen LogP contribution in [0.15, 0.2) is 57.1 Å². The zero-order chi connectivity index (χ0) is 16.5. The molecule has 0 bridgehead atoms. The number of aromatic amines is 1. The predicted octanol–water partition coefficient (Wildman–Crippen LogP) is 5.66. The number of benzene rings is 1. The van der Waals surface area contributed by atoms with Crippen molar-refractivity contribution in [3.05, 3.63) is 68.1 Å². The van der Waals surface area contributed by atoms with Crippen LogP contribution in [0, 0.1) is 0 Å². The summed E-state index contributed by atoms with van der Waals surface area (Å²) in [7, 11) is 0. The number of fused-ring (bicyclic) bond motifs is 1. The predicted molar refractivity (Wildman–Crippen MR) is 105 cm³/mol.